The molecule has 1 fully saturated rings. The molecular formula is C25H21F2NO3. The molecule has 1 saturated heterocycles. The standard InChI is InChI=1S/C25H21F2NO3/c26-15-9-10-23(27)21(11-15)24-12-16(29)13-28(24)25(30)31-14-22-19-7-3-1-5-17(19)18-6-2-4-8-20(18)22/h1-11,16,22,24,29H,12-14H2. The predicted octanol–water partition coefficient (Wildman–Crippen LogP) is 5.02. The third-order valence-electron chi connectivity index (χ3n) is 6.17. The highest BCUT2D eigenvalue weighted by Gasteiger charge is 2.38. The maximum absolute atomic E-state index is 14.3. The Hall–Kier alpha value is -3.25. The molecule has 6 heteroatoms. The minimum Gasteiger partial charge on any atom is -0.448 e. The Morgan fingerprint density at radius 2 is 1.61 bits per heavy atom. The molecule has 3 aromatic rings. The number of carbonyl (C=O) groups excluding carboxylic acids is 1. The van der Waals surface area contributed by atoms with Gasteiger partial charge >= 0.3 is 6.09 Å². The summed E-state index contributed by atoms with van der Waals surface area (Å²) in [6.45, 7) is 0.134. The Morgan fingerprint density at radius 3 is 2.29 bits per heavy atom. The van der Waals surface area contributed by atoms with Gasteiger partial charge in [-0.2, -0.15) is 0 Å². The minimum atomic E-state index is -0.826. The number of carbonyl (C=O) groups is 1. The molecule has 158 valence electrons. The smallest absolute Gasteiger partial charge is 0.410 e. The van der Waals surface area contributed by atoms with E-state index in [2.05, 4.69) is 12.1 Å². The van der Waals surface area contributed by atoms with E-state index in [1.807, 2.05) is 36.4 Å². The van der Waals surface area contributed by atoms with Crippen LogP contribution in [0.2, 0.25) is 0 Å². The molecule has 0 spiro atoms. The van der Waals surface area contributed by atoms with Gasteiger partial charge in [0.2, 0.25) is 0 Å². The molecule has 2 unspecified atom stereocenters. The zero-order chi connectivity index (χ0) is 21.5. The van der Waals surface area contributed by atoms with Gasteiger partial charge in [-0.25, -0.2) is 13.6 Å². The van der Waals surface area contributed by atoms with Gasteiger partial charge in [0.1, 0.15) is 18.2 Å². The van der Waals surface area contributed by atoms with Gasteiger partial charge in [-0.3, -0.25) is 4.90 Å². The van der Waals surface area contributed by atoms with Crippen LogP contribution in [0.3, 0.4) is 0 Å². The summed E-state index contributed by atoms with van der Waals surface area (Å²) < 4.78 is 33.7. The van der Waals surface area contributed by atoms with E-state index in [4.69, 9.17) is 4.74 Å². The molecule has 2 atom stereocenters. The number of hydrogen-bond acceptors (Lipinski definition) is 3. The molecule has 1 amide bonds. The highest BCUT2D eigenvalue weighted by molar-refractivity contribution is 5.79. The van der Waals surface area contributed by atoms with Crippen molar-refractivity contribution in [2.45, 2.75) is 24.5 Å². The highest BCUT2D eigenvalue weighted by Crippen LogP contribution is 2.44. The fourth-order valence-corrected chi connectivity index (χ4v) is 4.76. The fourth-order valence-electron chi connectivity index (χ4n) is 4.76. The van der Waals surface area contributed by atoms with Gasteiger partial charge in [0, 0.05) is 11.5 Å². The van der Waals surface area contributed by atoms with Gasteiger partial charge in [0.05, 0.1) is 18.7 Å². The van der Waals surface area contributed by atoms with Crippen LogP contribution in [0.5, 0.6) is 0 Å². The van der Waals surface area contributed by atoms with Crippen molar-refractivity contribution in [3.05, 3.63) is 95.1 Å². The lowest BCUT2D eigenvalue weighted by molar-refractivity contribution is 0.0905. The summed E-state index contributed by atoms with van der Waals surface area (Å²) in [7, 11) is 0. The normalized spacial score (nSPS) is 19.9. The van der Waals surface area contributed by atoms with Crippen LogP contribution in [-0.2, 0) is 4.74 Å². The predicted molar refractivity (Wildman–Crippen MR) is 111 cm³/mol. The number of hydrogen-bond donors (Lipinski definition) is 1. The molecule has 0 radical (unpaired) electrons. The van der Waals surface area contributed by atoms with Crippen molar-refractivity contribution in [3.63, 3.8) is 0 Å². The van der Waals surface area contributed by atoms with E-state index in [0.29, 0.717) is 0 Å². The van der Waals surface area contributed by atoms with Crippen LogP contribution in [-0.4, -0.2) is 35.4 Å². The van der Waals surface area contributed by atoms with E-state index >= 15 is 0 Å². The average Bonchev–Trinajstić information content (AvgIpc) is 3.32. The Bertz CT molecular complexity index is 1100. The maximum atomic E-state index is 14.3. The second-order valence-corrected chi connectivity index (χ2v) is 8.03. The molecule has 0 bridgehead atoms. The molecule has 4 nitrogen and oxygen atoms in total. The minimum absolute atomic E-state index is 0.0112. The van der Waals surface area contributed by atoms with E-state index in [9.17, 15) is 18.7 Å². The molecular weight excluding hydrogens is 400 g/mol. The first kappa shape index (κ1) is 19.7. The van der Waals surface area contributed by atoms with Crippen LogP contribution in [0.1, 0.15) is 35.1 Å². The number of aliphatic hydroxyl groups is 1. The number of β-amino-alcohol motifs (C(OH)–C–C–N with tert-alkyl or cyclic N) is 1. The van der Waals surface area contributed by atoms with Crippen LogP contribution in [0, 0.1) is 11.6 Å². The van der Waals surface area contributed by atoms with Crippen molar-refractivity contribution < 1.29 is 23.4 Å². The number of ether oxygens (including phenoxy) is 1. The SMILES string of the molecule is O=C(OCC1c2ccccc2-c2ccccc21)N1CC(O)CC1c1cc(F)ccc1F. The Labute approximate surface area is 178 Å². The van der Waals surface area contributed by atoms with Gasteiger partial charge < -0.3 is 9.84 Å². The highest BCUT2D eigenvalue weighted by atomic mass is 19.1. The fraction of sp³-hybridized carbons (Fsp3) is 0.240. The van der Waals surface area contributed by atoms with Crippen molar-refractivity contribution in [2.75, 3.05) is 13.2 Å². The number of nitrogens with zero attached hydrogens (tertiary/aromatic N) is 1. The number of halogens is 2. The number of fused-ring (bicyclic) bond motifs is 3. The summed E-state index contributed by atoms with van der Waals surface area (Å²) in [6.07, 6.45) is -1.34. The summed E-state index contributed by atoms with van der Waals surface area (Å²) in [5, 5.41) is 10.1. The number of benzene rings is 3. The Balaban J connectivity index is 1.37. The van der Waals surface area contributed by atoms with Gasteiger partial charge in [0.15, 0.2) is 0 Å². The monoisotopic (exact) mass is 421 g/mol. The van der Waals surface area contributed by atoms with Crippen molar-refractivity contribution in [1.29, 1.82) is 0 Å². The lowest BCUT2D eigenvalue weighted by atomic mass is 9.98. The summed E-state index contributed by atoms with van der Waals surface area (Å²) in [5.41, 5.74) is 4.47. The first-order chi connectivity index (χ1) is 15.0. The largest absolute Gasteiger partial charge is 0.448 e. The van der Waals surface area contributed by atoms with Crippen molar-refractivity contribution in [3.8, 4) is 11.1 Å². The third-order valence-corrected chi connectivity index (χ3v) is 6.17. The van der Waals surface area contributed by atoms with E-state index in [1.165, 1.54) is 4.90 Å². The van der Waals surface area contributed by atoms with E-state index < -0.39 is 29.9 Å². The lowest BCUT2D eigenvalue weighted by Gasteiger charge is -2.25. The van der Waals surface area contributed by atoms with Gasteiger partial charge in [0.25, 0.3) is 0 Å². The maximum Gasteiger partial charge on any atom is 0.410 e. The molecule has 1 heterocycles. The van der Waals surface area contributed by atoms with Crippen LogP contribution in [0.4, 0.5) is 13.6 Å². The number of likely N-dealkylation sites (tertiary alicyclic amines) is 1. The topological polar surface area (TPSA) is 49.8 Å². The summed E-state index contributed by atoms with van der Waals surface area (Å²) >= 11 is 0. The summed E-state index contributed by atoms with van der Waals surface area (Å²) in [4.78, 5) is 14.2. The summed E-state index contributed by atoms with van der Waals surface area (Å²) in [5.74, 6) is -1.31. The molecule has 31 heavy (non-hydrogen) atoms. The Kier molecular flexibility index (Phi) is 4.94. The number of amides is 1. The molecule has 0 aromatic heterocycles. The molecule has 1 N–H and O–H groups in total. The van der Waals surface area contributed by atoms with Crippen LogP contribution >= 0.6 is 0 Å². The average molecular weight is 421 g/mol. The third kappa shape index (κ3) is 3.47. The zero-order valence-electron chi connectivity index (χ0n) is 16.7. The molecule has 1 aliphatic carbocycles. The van der Waals surface area contributed by atoms with Gasteiger partial charge in [-0.05, 0) is 46.9 Å². The molecule has 5 rings (SSSR count). The molecule has 1 aliphatic heterocycles. The van der Waals surface area contributed by atoms with Crippen LogP contribution in [0.25, 0.3) is 11.1 Å². The first-order valence-corrected chi connectivity index (χ1v) is 10.3. The van der Waals surface area contributed by atoms with Gasteiger partial charge in [-0.15, -0.1) is 0 Å². The number of aliphatic hydroxyl groups excluding tert-OH is 1. The molecule has 3 aromatic carbocycles. The van der Waals surface area contributed by atoms with Crippen LogP contribution < -0.4 is 0 Å². The second kappa shape index (κ2) is 7.78. The van der Waals surface area contributed by atoms with Gasteiger partial charge in [-0.1, -0.05) is 48.5 Å². The van der Waals surface area contributed by atoms with Crippen molar-refractivity contribution >= 4 is 6.09 Å². The van der Waals surface area contributed by atoms with E-state index in [1.54, 1.807) is 0 Å². The molecule has 0 saturated carbocycles. The van der Waals surface area contributed by atoms with Crippen molar-refractivity contribution in [2.24, 2.45) is 0 Å². The quantitative estimate of drug-likeness (QED) is 0.646. The lowest BCUT2D eigenvalue weighted by Crippen LogP contribution is -2.33. The number of rotatable bonds is 3. The zero-order valence-corrected chi connectivity index (χ0v) is 16.7. The van der Waals surface area contributed by atoms with E-state index in [-0.39, 0.29) is 31.1 Å². The van der Waals surface area contributed by atoms with Crippen LogP contribution in [0.15, 0.2) is 66.7 Å². The van der Waals surface area contributed by atoms with E-state index in [0.717, 1.165) is 40.5 Å². The van der Waals surface area contributed by atoms with Crippen molar-refractivity contribution in [1.82, 2.24) is 4.90 Å². The molecule has 2 aliphatic rings. The Morgan fingerprint density at radius 1 is 0.968 bits per heavy atom. The summed E-state index contributed by atoms with van der Waals surface area (Å²) in [6, 6.07) is 18.4. The first-order valence-electron chi connectivity index (χ1n) is 10.3. The second-order valence-electron chi connectivity index (χ2n) is 8.03.